The van der Waals surface area contributed by atoms with Gasteiger partial charge in [-0.1, -0.05) is 42.5 Å². The highest BCUT2D eigenvalue weighted by molar-refractivity contribution is 5.94. The SMILES string of the molecule is NC(=O)c1cccc(-c2ccccc2)c1.NCC(=O)NN1CCC[C@H]1C(=O)O. The van der Waals surface area contributed by atoms with E-state index in [0.717, 1.165) is 17.5 Å². The zero-order chi connectivity index (χ0) is 20.5. The first-order chi connectivity index (χ1) is 13.4. The van der Waals surface area contributed by atoms with E-state index in [9.17, 15) is 14.4 Å². The van der Waals surface area contributed by atoms with Gasteiger partial charge >= 0.3 is 5.97 Å². The molecule has 0 aliphatic carbocycles. The summed E-state index contributed by atoms with van der Waals surface area (Å²) in [5.41, 5.74) is 15.4. The van der Waals surface area contributed by atoms with Crippen LogP contribution in [0.5, 0.6) is 0 Å². The number of nitrogens with zero attached hydrogens (tertiary/aromatic N) is 1. The molecule has 2 aromatic rings. The molecule has 8 heteroatoms. The number of hydrogen-bond acceptors (Lipinski definition) is 5. The summed E-state index contributed by atoms with van der Waals surface area (Å²) < 4.78 is 0. The second-order valence-corrected chi connectivity index (χ2v) is 6.24. The van der Waals surface area contributed by atoms with Crippen molar-refractivity contribution in [3.8, 4) is 11.1 Å². The number of aliphatic carboxylic acids is 1. The van der Waals surface area contributed by atoms with Crippen LogP contribution in [-0.4, -0.2) is 47.0 Å². The highest BCUT2D eigenvalue weighted by Crippen LogP contribution is 2.19. The first-order valence-electron chi connectivity index (χ1n) is 8.86. The first kappa shape index (κ1) is 21.1. The number of carbonyl (C=O) groups excluding carboxylic acids is 2. The van der Waals surface area contributed by atoms with Gasteiger partial charge in [-0.3, -0.25) is 19.8 Å². The number of benzene rings is 2. The zero-order valence-electron chi connectivity index (χ0n) is 15.4. The van der Waals surface area contributed by atoms with Crippen LogP contribution < -0.4 is 16.9 Å². The van der Waals surface area contributed by atoms with Crippen molar-refractivity contribution in [1.29, 1.82) is 0 Å². The van der Waals surface area contributed by atoms with Crippen LogP contribution in [0.2, 0.25) is 0 Å². The molecule has 2 amide bonds. The first-order valence-corrected chi connectivity index (χ1v) is 8.86. The van der Waals surface area contributed by atoms with Gasteiger partial charge in [0.05, 0.1) is 6.54 Å². The quantitative estimate of drug-likeness (QED) is 0.606. The molecule has 1 fully saturated rings. The van der Waals surface area contributed by atoms with Gasteiger partial charge in [-0.15, -0.1) is 0 Å². The number of carboxylic acids is 1. The number of hydrazine groups is 1. The van der Waals surface area contributed by atoms with E-state index >= 15 is 0 Å². The van der Waals surface area contributed by atoms with Gasteiger partial charge in [-0.2, -0.15) is 0 Å². The van der Waals surface area contributed by atoms with Gasteiger partial charge in [0.15, 0.2) is 0 Å². The highest BCUT2D eigenvalue weighted by atomic mass is 16.4. The minimum atomic E-state index is -0.908. The Morgan fingerprint density at radius 2 is 1.75 bits per heavy atom. The Kier molecular flexibility index (Phi) is 7.67. The van der Waals surface area contributed by atoms with Gasteiger partial charge in [-0.05, 0) is 36.1 Å². The van der Waals surface area contributed by atoms with E-state index in [1.807, 2.05) is 42.5 Å². The van der Waals surface area contributed by atoms with Crippen molar-refractivity contribution in [3.05, 3.63) is 60.2 Å². The fourth-order valence-electron chi connectivity index (χ4n) is 2.85. The summed E-state index contributed by atoms with van der Waals surface area (Å²) in [7, 11) is 0. The molecule has 0 aromatic heterocycles. The van der Waals surface area contributed by atoms with Crippen molar-refractivity contribution in [2.45, 2.75) is 18.9 Å². The minimum absolute atomic E-state index is 0.122. The summed E-state index contributed by atoms with van der Waals surface area (Å²) in [4.78, 5) is 32.5. The van der Waals surface area contributed by atoms with Crippen LogP contribution in [0.25, 0.3) is 11.1 Å². The Balaban J connectivity index is 0.000000203. The lowest BCUT2D eigenvalue weighted by atomic mass is 10.0. The Hall–Kier alpha value is -3.23. The van der Waals surface area contributed by atoms with Crippen molar-refractivity contribution in [2.75, 3.05) is 13.1 Å². The average molecular weight is 384 g/mol. The van der Waals surface area contributed by atoms with Gasteiger partial charge < -0.3 is 16.6 Å². The van der Waals surface area contributed by atoms with E-state index in [-0.39, 0.29) is 12.5 Å². The second-order valence-electron chi connectivity index (χ2n) is 6.24. The molecule has 3 rings (SSSR count). The second kappa shape index (κ2) is 10.2. The standard InChI is InChI=1S/C13H11NO.C7H13N3O3/c14-13(15)12-8-4-7-11(9-12)10-5-2-1-3-6-10;8-4-6(11)9-10-3-1-2-5(10)7(12)13/h1-9H,(H2,14,15);5H,1-4,8H2,(H,9,11)(H,12,13)/t;5-/m.0/s1. The van der Waals surface area contributed by atoms with Crippen molar-refractivity contribution in [3.63, 3.8) is 0 Å². The molecule has 2 aromatic carbocycles. The van der Waals surface area contributed by atoms with E-state index in [0.29, 0.717) is 18.5 Å². The molecule has 148 valence electrons. The highest BCUT2D eigenvalue weighted by Gasteiger charge is 2.31. The van der Waals surface area contributed by atoms with Crippen LogP contribution >= 0.6 is 0 Å². The van der Waals surface area contributed by atoms with Crippen LogP contribution in [0.4, 0.5) is 0 Å². The number of nitrogens with one attached hydrogen (secondary N) is 1. The Bertz CT molecular complexity index is 826. The lowest BCUT2D eigenvalue weighted by Gasteiger charge is -2.21. The number of hydrogen-bond donors (Lipinski definition) is 4. The molecule has 1 atom stereocenters. The van der Waals surface area contributed by atoms with E-state index < -0.39 is 17.9 Å². The number of amides is 2. The largest absolute Gasteiger partial charge is 0.480 e. The summed E-state index contributed by atoms with van der Waals surface area (Å²) in [5.74, 6) is -1.66. The fraction of sp³-hybridized carbons (Fsp3) is 0.250. The van der Waals surface area contributed by atoms with Crippen LogP contribution in [0.3, 0.4) is 0 Å². The number of rotatable bonds is 5. The van der Waals surface area contributed by atoms with E-state index in [1.54, 1.807) is 12.1 Å². The molecule has 6 N–H and O–H groups in total. The summed E-state index contributed by atoms with van der Waals surface area (Å²) in [6.07, 6.45) is 1.35. The third-order valence-electron chi connectivity index (χ3n) is 4.25. The summed E-state index contributed by atoms with van der Waals surface area (Å²) in [6, 6.07) is 16.6. The minimum Gasteiger partial charge on any atom is -0.480 e. The molecule has 8 nitrogen and oxygen atoms in total. The van der Waals surface area contributed by atoms with Crippen LogP contribution in [0.1, 0.15) is 23.2 Å². The Labute approximate surface area is 163 Å². The van der Waals surface area contributed by atoms with Gasteiger partial charge in [0, 0.05) is 12.1 Å². The van der Waals surface area contributed by atoms with Crippen LogP contribution in [0, 0.1) is 0 Å². The predicted molar refractivity (Wildman–Crippen MR) is 105 cm³/mol. The molecule has 0 unspecified atom stereocenters. The summed E-state index contributed by atoms with van der Waals surface area (Å²) in [6.45, 7) is 0.450. The maximum Gasteiger partial charge on any atom is 0.322 e. The lowest BCUT2D eigenvalue weighted by Crippen LogP contribution is -2.49. The molecule has 28 heavy (non-hydrogen) atoms. The fourth-order valence-corrected chi connectivity index (χ4v) is 2.85. The number of carbonyl (C=O) groups is 3. The molecule has 0 saturated carbocycles. The number of primary amides is 1. The average Bonchev–Trinajstić information content (AvgIpc) is 3.17. The molecular weight excluding hydrogens is 360 g/mol. The van der Waals surface area contributed by atoms with Crippen molar-refractivity contribution in [2.24, 2.45) is 11.5 Å². The van der Waals surface area contributed by atoms with E-state index in [4.69, 9.17) is 16.6 Å². The topological polar surface area (TPSA) is 139 Å². The molecule has 0 bridgehead atoms. The smallest absolute Gasteiger partial charge is 0.322 e. The maximum absolute atomic E-state index is 11.0. The molecule has 1 aliphatic heterocycles. The van der Waals surface area contributed by atoms with Gasteiger partial charge in [0.25, 0.3) is 0 Å². The normalized spacial score (nSPS) is 16.0. The van der Waals surface area contributed by atoms with Crippen molar-refractivity contribution >= 4 is 17.8 Å². The number of nitrogens with two attached hydrogens (primary N) is 2. The van der Waals surface area contributed by atoms with E-state index in [2.05, 4.69) is 5.43 Å². The van der Waals surface area contributed by atoms with Gasteiger partial charge in [0.1, 0.15) is 6.04 Å². The summed E-state index contributed by atoms with van der Waals surface area (Å²) in [5, 5.41) is 10.2. The van der Waals surface area contributed by atoms with Crippen molar-refractivity contribution < 1.29 is 19.5 Å². The van der Waals surface area contributed by atoms with E-state index in [1.165, 1.54) is 5.01 Å². The molecule has 0 spiro atoms. The van der Waals surface area contributed by atoms with Gasteiger partial charge in [0.2, 0.25) is 11.8 Å². The van der Waals surface area contributed by atoms with Crippen LogP contribution in [0.15, 0.2) is 54.6 Å². The molecule has 1 heterocycles. The molecular formula is C20H24N4O4. The molecule has 1 aliphatic rings. The molecule has 1 saturated heterocycles. The lowest BCUT2D eigenvalue weighted by molar-refractivity contribution is -0.144. The number of carboxylic acid groups (broad SMARTS) is 1. The Morgan fingerprint density at radius 1 is 1.07 bits per heavy atom. The zero-order valence-corrected chi connectivity index (χ0v) is 15.4. The van der Waals surface area contributed by atoms with Crippen LogP contribution in [-0.2, 0) is 9.59 Å². The van der Waals surface area contributed by atoms with Crippen molar-refractivity contribution in [1.82, 2.24) is 10.4 Å². The van der Waals surface area contributed by atoms with Gasteiger partial charge in [-0.25, -0.2) is 5.01 Å². The molecule has 0 radical (unpaired) electrons. The predicted octanol–water partition coefficient (Wildman–Crippen LogP) is 0.978. The maximum atomic E-state index is 11.0. The monoisotopic (exact) mass is 384 g/mol. The third kappa shape index (κ3) is 5.90. The third-order valence-corrected chi connectivity index (χ3v) is 4.25. The summed E-state index contributed by atoms with van der Waals surface area (Å²) >= 11 is 0. The Morgan fingerprint density at radius 3 is 2.36 bits per heavy atom.